The maximum absolute atomic E-state index is 13.2. The smallest absolute Gasteiger partial charge is 0.431 e. The number of thiazole rings is 1. The highest BCUT2D eigenvalue weighted by molar-refractivity contribution is 7.20. The van der Waals surface area contributed by atoms with E-state index < -0.39 is 11.7 Å². The molecule has 0 spiro atoms. The first-order valence-corrected chi connectivity index (χ1v) is 13.6. The van der Waals surface area contributed by atoms with Crippen molar-refractivity contribution in [2.45, 2.75) is 72.7 Å². The molecule has 5 rings (SSSR count). The van der Waals surface area contributed by atoms with E-state index in [0.29, 0.717) is 6.61 Å². The molecule has 0 saturated carbocycles. The molecule has 0 aliphatic carbocycles. The van der Waals surface area contributed by atoms with Crippen LogP contribution in [0.1, 0.15) is 64.3 Å². The summed E-state index contributed by atoms with van der Waals surface area (Å²) >= 11 is 1.60. The predicted octanol–water partition coefficient (Wildman–Crippen LogP) is 6.42. The van der Waals surface area contributed by atoms with E-state index in [1.165, 1.54) is 5.56 Å². The Hall–Kier alpha value is -3.03. The Balaban J connectivity index is 1.91. The van der Waals surface area contributed by atoms with E-state index in [9.17, 15) is 4.79 Å². The van der Waals surface area contributed by atoms with Gasteiger partial charge in [0.15, 0.2) is 5.78 Å². The van der Waals surface area contributed by atoms with Gasteiger partial charge in [0, 0.05) is 40.8 Å². The summed E-state index contributed by atoms with van der Waals surface area (Å²) in [5.74, 6) is 0.824. The van der Waals surface area contributed by atoms with Gasteiger partial charge in [0.25, 0.3) is 0 Å². The van der Waals surface area contributed by atoms with Crippen molar-refractivity contribution >= 4 is 38.2 Å². The maximum Gasteiger partial charge on any atom is 0.431 e. The molecular formula is C30H35N2O4S+. The van der Waals surface area contributed by atoms with E-state index in [1.54, 1.807) is 18.3 Å². The summed E-state index contributed by atoms with van der Waals surface area (Å²) in [6.45, 7) is 14.3. The van der Waals surface area contributed by atoms with Crippen molar-refractivity contribution in [2.75, 3.05) is 6.61 Å². The van der Waals surface area contributed by atoms with Crippen LogP contribution in [-0.2, 0) is 23.0 Å². The number of ether oxygens (including phenoxy) is 3. The normalized spacial score (nSPS) is 14.3. The molecule has 194 valence electrons. The molecule has 1 aliphatic rings. The number of nitrogens with zero attached hydrogens (tertiary/aromatic N) is 2. The minimum Gasteiger partial charge on any atom is -0.493 e. The number of hydrogen-bond donors (Lipinski definition) is 0. The van der Waals surface area contributed by atoms with E-state index in [1.807, 2.05) is 53.9 Å². The average molecular weight is 520 g/mol. The second kappa shape index (κ2) is 9.37. The average Bonchev–Trinajstić information content (AvgIpc) is 3.11. The third-order valence-corrected chi connectivity index (χ3v) is 7.77. The first-order chi connectivity index (χ1) is 17.5. The van der Waals surface area contributed by atoms with E-state index in [4.69, 9.17) is 19.2 Å². The highest BCUT2D eigenvalue weighted by Crippen LogP contribution is 2.47. The lowest BCUT2D eigenvalue weighted by Gasteiger charge is -2.29. The van der Waals surface area contributed by atoms with Crippen LogP contribution in [0, 0.1) is 6.92 Å². The number of aromatic nitrogens is 2. The molecule has 2 aromatic heterocycles. The van der Waals surface area contributed by atoms with Gasteiger partial charge in [-0.25, -0.2) is 0 Å². The number of Topliss-reactive ketones (excluding diaryl/α,β-unsaturated/α-hetero) is 1. The molecule has 37 heavy (non-hydrogen) atoms. The highest BCUT2D eigenvalue weighted by Gasteiger charge is 2.34. The molecule has 4 aromatic rings. The molecule has 6 nitrogen and oxygen atoms in total. The second-order valence-corrected chi connectivity index (χ2v) is 12.0. The van der Waals surface area contributed by atoms with Gasteiger partial charge in [0.2, 0.25) is 5.52 Å². The minimum absolute atomic E-state index is 0.0303. The van der Waals surface area contributed by atoms with Gasteiger partial charge in [-0.05, 0) is 89.1 Å². The highest BCUT2D eigenvalue weighted by atomic mass is 32.1. The third-order valence-electron chi connectivity index (χ3n) is 6.61. The molecule has 0 fully saturated rings. The van der Waals surface area contributed by atoms with Gasteiger partial charge in [-0.3, -0.25) is 9.78 Å². The Morgan fingerprint density at radius 1 is 1.22 bits per heavy atom. The fourth-order valence-electron chi connectivity index (χ4n) is 5.11. The molecule has 7 heteroatoms. The van der Waals surface area contributed by atoms with Crippen molar-refractivity contribution < 1.29 is 23.6 Å². The number of ketones is 1. The number of carbonyl (C=O) groups excluding carboxylic acids is 1. The summed E-state index contributed by atoms with van der Waals surface area (Å²) in [5.41, 5.74) is 6.47. The van der Waals surface area contributed by atoms with E-state index >= 15 is 0 Å². The van der Waals surface area contributed by atoms with Gasteiger partial charge >= 0.3 is 5.19 Å². The van der Waals surface area contributed by atoms with Gasteiger partial charge in [-0.2, -0.15) is 4.57 Å². The maximum atomic E-state index is 13.2. The predicted molar refractivity (Wildman–Crippen MR) is 148 cm³/mol. The number of pyridine rings is 1. The van der Waals surface area contributed by atoms with Crippen LogP contribution in [-0.4, -0.2) is 29.1 Å². The van der Waals surface area contributed by atoms with Crippen molar-refractivity contribution in [1.29, 1.82) is 0 Å². The number of benzene rings is 2. The Bertz CT molecular complexity index is 1520. The first-order valence-electron chi connectivity index (χ1n) is 12.8. The molecule has 0 unspecified atom stereocenters. The van der Waals surface area contributed by atoms with Crippen LogP contribution in [0.5, 0.6) is 10.9 Å². The molecule has 1 atom stereocenters. The molecule has 0 bridgehead atoms. The van der Waals surface area contributed by atoms with Gasteiger partial charge in [-0.1, -0.05) is 0 Å². The number of fused-ring (bicyclic) bond motifs is 1. The Labute approximate surface area is 222 Å². The van der Waals surface area contributed by atoms with Crippen LogP contribution in [0.25, 0.3) is 32.2 Å². The van der Waals surface area contributed by atoms with Gasteiger partial charge in [-0.15, -0.1) is 0 Å². The molecule has 0 amide bonds. The van der Waals surface area contributed by atoms with Gasteiger partial charge in [0.1, 0.15) is 29.7 Å². The molecular weight excluding hydrogens is 484 g/mol. The Morgan fingerprint density at radius 3 is 2.65 bits per heavy atom. The summed E-state index contributed by atoms with van der Waals surface area (Å²) in [5, 5.41) is 1.86. The van der Waals surface area contributed by atoms with Crippen molar-refractivity contribution in [3.63, 3.8) is 0 Å². The fourth-order valence-corrected chi connectivity index (χ4v) is 6.39. The summed E-state index contributed by atoms with van der Waals surface area (Å²) in [6, 6.07) is 8.33. The number of aryl methyl sites for hydroxylation is 2. The summed E-state index contributed by atoms with van der Waals surface area (Å²) < 4.78 is 21.8. The number of rotatable bonds is 6. The van der Waals surface area contributed by atoms with E-state index in [0.717, 1.165) is 60.7 Å². The fraction of sp³-hybridized carbons (Fsp3) is 0.433. The van der Waals surface area contributed by atoms with E-state index in [2.05, 4.69) is 29.7 Å². The van der Waals surface area contributed by atoms with Crippen LogP contribution in [0.3, 0.4) is 0 Å². The standard InChI is InChI=1S/C30H35N2O4S/c1-16(2)35-29-32(8)21-15-17(3)23(27(18(4)33)36-30(5,6)7)25(28(21)37-29)20-9-10-22-24-19(12-14-34-22)11-13-31-26(20)24/h9-11,13,15-16,27H,12,14H2,1-8H3/q+1/t27-/m1/s1. The molecule has 0 N–H and O–H groups in total. The van der Waals surface area contributed by atoms with Crippen LogP contribution in [0.2, 0.25) is 0 Å². The largest absolute Gasteiger partial charge is 0.493 e. The molecule has 3 heterocycles. The zero-order valence-electron chi connectivity index (χ0n) is 22.9. The quantitative estimate of drug-likeness (QED) is 0.275. The molecule has 2 aromatic carbocycles. The van der Waals surface area contributed by atoms with Crippen molar-refractivity contribution in [3.8, 4) is 22.1 Å². The zero-order chi connectivity index (χ0) is 26.6. The SMILES string of the molecule is CC(=O)[C@@H](OC(C)(C)C)c1c(C)cc2c(sc(OC(C)C)[n+]2C)c1-c1ccc2c3c(ccnc13)CCO2. The zero-order valence-corrected chi connectivity index (χ0v) is 23.7. The first kappa shape index (κ1) is 25.6. The Morgan fingerprint density at radius 2 is 1.97 bits per heavy atom. The summed E-state index contributed by atoms with van der Waals surface area (Å²) in [6.07, 6.45) is 2.04. The summed E-state index contributed by atoms with van der Waals surface area (Å²) in [7, 11) is 2.03. The molecule has 0 saturated heterocycles. The third kappa shape index (κ3) is 4.59. The summed E-state index contributed by atoms with van der Waals surface area (Å²) in [4.78, 5) is 18.0. The Kier molecular flexibility index (Phi) is 6.49. The van der Waals surface area contributed by atoms with Crippen molar-refractivity contribution in [3.05, 3.63) is 47.2 Å². The van der Waals surface area contributed by atoms with Gasteiger partial charge < -0.3 is 14.2 Å². The lowest BCUT2D eigenvalue weighted by molar-refractivity contribution is -0.647. The van der Waals surface area contributed by atoms with Crippen LogP contribution in [0.4, 0.5) is 0 Å². The minimum atomic E-state index is -0.719. The van der Waals surface area contributed by atoms with Crippen LogP contribution >= 0.6 is 11.3 Å². The number of hydrogen-bond acceptors (Lipinski definition) is 6. The number of carbonyl (C=O) groups is 1. The van der Waals surface area contributed by atoms with Gasteiger partial charge in [0.05, 0.1) is 17.7 Å². The van der Waals surface area contributed by atoms with Crippen LogP contribution < -0.4 is 14.0 Å². The lowest BCUT2D eigenvalue weighted by Crippen LogP contribution is -2.30. The second-order valence-electron chi connectivity index (χ2n) is 11.0. The van der Waals surface area contributed by atoms with Crippen LogP contribution in [0.15, 0.2) is 30.5 Å². The lowest BCUT2D eigenvalue weighted by atomic mass is 9.88. The van der Waals surface area contributed by atoms with Crippen molar-refractivity contribution in [1.82, 2.24) is 4.98 Å². The van der Waals surface area contributed by atoms with E-state index in [-0.39, 0.29) is 11.9 Å². The monoisotopic (exact) mass is 519 g/mol. The molecule has 0 radical (unpaired) electrons. The molecule has 1 aliphatic heterocycles. The topological polar surface area (TPSA) is 61.5 Å². The van der Waals surface area contributed by atoms with Crippen molar-refractivity contribution in [2.24, 2.45) is 7.05 Å².